The molecule has 2 aliphatic heterocycles. The highest BCUT2D eigenvalue weighted by atomic mass is 35.5. The second-order valence-corrected chi connectivity index (χ2v) is 11.2. The number of carbonyl (C=O) groups excluding carboxylic acids is 1. The number of piperazine rings is 1. The van der Waals surface area contributed by atoms with Crippen LogP contribution in [0.25, 0.3) is 0 Å². The van der Waals surface area contributed by atoms with E-state index < -0.39 is 28.2 Å². The van der Waals surface area contributed by atoms with Crippen LogP contribution in [-0.2, 0) is 21.8 Å². The average Bonchev–Trinajstić information content (AvgIpc) is 3.29. The molecule has 1 N–H and O–H groups in total. The summed E-state index contributed by atoms with van der Waals surface area (Å²) in [5.41, 5.74) is 0. The molecule has 2 aromatic rings. The summed E-state index contributed by atoms with van der Waals surface area (Å²) in [6.45, 7) is 2.97. The molecular formula is C23H32ClN5O5S. The number of nitrogens with zero attached hydrogens (tertiary/aromatic N) is 5. The van der Waals surface area contributed by atoms with E-state index in [0.717, 1.165) is 6.42 Å². The summed E-state index contributed by atoms with van der Waals surface area (Å²) in [5, 5.41) is 9.55. The predicted octanol–water partition coefficient (Wildman–Crippen LogP) is 2.10. The number of rotatable bonds is 7. The van der Waals surface area contributed by atoms with Crippen molar-refractivity contribution in [2.45, 2.75) is 36.2 Å². The SMILES string of the molecule is Cn1ccnc1C1CCCC(COC(=O)N2CCN(CCO)CC2)N1S(=O)(=O)c1ccc(Cl)cc1. The molecule has 0 spiro atoms. The monoisotopic (exact) mass is 525 g/mol. The fraction of sp³-hybridized carbons (Fsp3) is 0.565. The Hall–Kier alpha value is -2.18. The van der Waals surface area contributed by atoms with Crippen molar-refractivity contribution < 1.29 is 23.1 Å². The maximum Gasteiger partial charge on any atom is 0.409 e. The molecule has 2 aliphatic rings. The highest BCUT2D eigenvalue weighted by Gasteiger charge is 2.43. The molecular weight excluding hydrogens is 494 g/mol. The summed E-state index contributed by atoms with van der Waals surface area (Å²) in [6, 6.07) is 5.10. The molecule has 3 heterocycles. The van der Waals surface area contributed by atoms with Gasteiger partial charge in [0.2, 0.25) is 10.0 Å². The smallest absolute Gasteiger partial charge is 0.409 e. The van der Waals surface area contributed by atoms with E-state index in [9.17, 15) is 13.2 Å². The minimum atomic E-state index is -3.92. The number of carbonyl (C=O) groups is 1. The number of aliphatic hydroxyl groups is 1. The van der Waals surface area contributed by atoms with Gasteiger partial charge in [-0.1, -0.05) is 11.6 Å². The van der Waals surface area contributed by atoms with E-state index in [1.54, 1.807) is 29.4 Å². The molecule has 35 heavy (non-hydrogen) atoms. The maximum atomic E-state index is 13.8. The van der Waals surface area contributed by atoms with E-state index in [4.69, 9.17) is 21.4 Å². The lowest BCUT2D eigenvalue weighted by atomic mass is 9.98. The maximum absolute atomic E-state index is 13.8. The van der Waals surface area contributed by atoms with Crippen LogP contribution in [0.3, 0.4) is 0 Å². The number of halogens is 1. The highest BCUT2D eigenvalue weighted by Crippen LogP contribution is 2.38. The number of aryl methyl sites for hydroxylation is 1. The van der Waals surface area contributed by atoms with Crippen LogP contribution in [0.2, 0.25) is 5.02 Å². The second-order valence-electron chi connectivity index (χ2n) is 8.91. The predicted molar refractivity (Wildman–Crippen MR) is 131 cm³/mol. The Bertz CT molecular complexity index is 1100. The van der Waals surface area contributed by atoms with Gasteiger partial charge in [0.05, 0.1) is 23.6 Å². The zero-order valence-electron chi connectivity index (χ0n) is 19.8. The molecule has 0 aliphatic carbocycles. The number of ether oxygens (including phenoxy) is 1. The molecule has 12 heteroatoms. The van der Waals surface area contributed by atoms with Crippen molar-refractivity contribution in [2.75, 3.05) is 45.9 Å². The zero-order valence-corrected chi connectivity index (χ0v) is 21.4. The average molecular weight is 526 g/mol. The third kappa shape index (κ3) is 5.80. The third-order valence-corrected chi connectivity index (χ3v) is 8.90. The standard InChI is InChI=1S/C23H32ClN5O5S/c1-26-10-9-25-22(26)21-4-2-3-19(29(21)35(32,33)20-7-5-18(24)6-8-20)17-34-23(31)28-13-11-27(12-14-28)15-16-30/h5-10,19,21,30H,2-4,11-17H2,1H3. The fourth-order valence-electron chi connectivity index (χ4n) is 4.80. The van der Waals surface area contributed by atoms with E-state index in [-0.39, 0.29) is 18.1 Å². The first-order valence-corrected chi connectivity index (χ1v) is 13.6. The minimum absolute atomic E-state index is 0.0383. The van der Waals surface area contributed by atoms with Crippen molar-refractivity contribution in [3.8, 4) is 0 Å². The Morgan fingerprint density at radius 1 is 1.17 bits per heavy atom. The van der Waals surface area contributed by atoms with Gasteiger partial charge in [0.15, 0.2) is 0 Å². The number of aliphatic hydroxyl groups excluding tert-OH is 1. The summed E-state index contributed by atoms with van der Waals surface area (Å²) in [6.07, 6.45) is 4.98. The van der Waals surface area contributed by atoms with Crippen LogP contribution in [0, 0.1) is 0 Å². The topological polar surface area (TPSA) is 108 Å². The lowest BCUT2D eigenvalue weighted by molar-refractivity contribution is 0.0456. The molecule has 0 saturated carbocycles. The molecule has 1 aromatic heterocycles. The van der Waals surface area contributed by atoms with Crippen LogP contribution in [0.15, 0.2) is 41.6 Å². The molecule has 2 unspecified atom stereocenters. The second kappa shape index (κ2) is 11.3. The molecule has 1 aromatic carbocycles. The van der Waals surface area contributed by atoms with Gasteiger partial charge in [-0.25, -0.2) is 18.2 Å². The molecule has 2 saturated heterocycles. The molecule has 10 nitrogen and oxygen atoms in total. The molecule has 0 bridgehead atoms. The van der Waals surface area contributed by atoms with Gasteiger partial charge in [0.1, 0.15) is 12.4 Å². The van der Waals surface area contributed by atoms with Gasteiger partial charge < -0.3 is 19.3 Å². The van der Waals surface area contributed by atoms with Crippen molar-refractivity contribution in [3.05, 3.63) is 47.5 Å². The third-order valence-electron chi connectivity index (χ3n) is 6.67. The Balaban J connectivity index is 1.53. The Morgan fingerprint density at radius 2 is 1.89 bits per heavy atom. The Labute approximate surface area is 211 Å². The molecule has 192 valence electrons. The van der Waals surface area contributed by atoms with Crippen molar-refractivity contribution in [1.82, 2.24) is 23.7 Å². The van der Waals surface area contributed by atoms with Gasteiger partial charge in [-0.2, -0.15) is 4.31 Å². The molecule has 0 radical (unpaired) electrons. The van der Waals surface area contributed by atoms with E-state index >= 15 is 0 Å². The van der Waals surface area contributed by atoms with Gasteiger partial charge in [-0.05, 0) is 43.5 Å². The summed E-state index contributed by atoms with van der Waals surface area (Å²) in [7, 11) is -2.08. The molecule has 1 amide bonds. The van der Waals surface area contributed by atoms with Gasteiger partial charge in [0.25, 0.3) is 0 Å². The number of β-amino-alcohol motifs (C(OH)–C–C–N with tert-alkyl or cyclic N) is 1. The number of aromatic nitrogens is 2. The van der Waals surface area contributed by atoms with E-state index in [2.05, 4.69) is 9.88 Å². The summed E-state index contributed by atoms with van der Waals surface area (Å²) in [5.74, 6) is 0.651. The van der Waals surface area contributed by atoms with Crippen LogP contribution in [0.4, 0.5) is 4.79 Å². The van der Waals surface area contributed by atoms with Gasteiger partial charge in [-0.3, -0.25) is 4.90 Å². The van der Waals surface area contributed by atoms with E-state index in [1.807, 2.05) is 11.6 Å². The van der Waals surface area contributed by atoms with Crippen molar-refractivity contribution in [1.29, 1.82) is 0 Å². The number of hydrogen-bond acceptors (Lipinski definition) is 7. The zero-order chi connectivity index (χ0) is 25.0. The van der Waals surface area contributed by atoms with Gasteiger partial charge >= 0.3 is 6.09 Å². The first-order valence-electron chi connectivity index (χ1n) is 11.8. The lowest BCUT2D eigenvalue weighted by Crippen LogP contribution is -2.51. The Morgan fingerprint density at radius 3 is 2.51 bits per heavy atom. The largest absolute Gasteiger partial charge is 0.448 e. The molecule has 2 atom stereocenters. The lowest BCUT2D eigenvalue weighted by Gasteiger charge is -2.40. The quantitative estimate of drug-likeness (QED) is 0.589. The Kier molecular flexibility index (Phi) is 8.33. The fourth-order valence-corrected chi connectivity index (χ4v) is 6.74. The summed E-state index contributed by atoms with van der Waals surface area (Å²) >= 11 is 5.99. The number of amides is 1. The normalized spacial score (nSPS) is 22.3. The van der Waals surface area contributed by atoms with Crippen molar-refractivity contribution >= 4 is 27.7 Å². The van der Waals surface area contributed by atoms with E-state index in [0.29, 0.717) is 56.4 Å². The number of imidazole rings is 1. The highest BCUT2D eigenvalue weighted by molar-refractivity contribution is 7.89. The first kappa shape index (κ1) is 25.9. The van der Waals surface area contributed by atoms with Crippen LogP contribution in [-0.4, -0.2) is 95.3 Å². The number of piperidine rings is 1. The summed E-state index contributed by atoms with van der Waals surface area (Å²) < 4.78 is 36.6. The van der Waals surface area contributed by atoms with Crippen LogP contribution >= 0.6 is 11.6 Å². The van der Waals surface area contributed by atoms with Gasteiger partial charge in [0, 0.05) is 57.2 Å². The molecule has 2 fully saturated rings. The molecule has 4 rings (SSSR count). The minimum Gasteiger partial charge on any atom is -0.448 e. The van der Waals surface area contributed by atoms with Crippen molar-refractivity contribution in [2.24, 2.45) is 7.05 Å². The number of hydrogen-bond donors (Lipinski definition) is 1. The van der Waals surface area contributed by atoms with Crippen molar-refractivity contribution in [3.63, 3.8) is 0 Å². The van der Waals surface area contributed by atoms with Crippen LogP contribution < -0.4 is 0 Å². The number of sulfonamides is 1. The summed E-state index contributed by atoms with van der Waals surface area (Å²) in [4.78, 5) is 21.1. The van der Waals surface area contributed by atoms with Crippen LogP contribution in [0.1, 0.15) is 31.1 Å². The van der Waals surface area contributed by atoms with Gasteiger partial charge in [-0.15, -0.1) is 0 Å². The van der Waals surface area contributed by atoms with Crippen LogP contribution in [0.5, 0.6) is 0 Å². The first-order chi connectivity index (χ1) is 16.8. The van der Waals surface area contributed by atoms with E-state index in [1.165, 1.54) is 16.4 Å². The number of benzene rings is 1.